The molecule has 1 aliphatic heterocycles. The highest BCUT2D eigenvalue weighted by molar-refractivity contribution is 6.01. The minimum atomic E-state index is -0.308. The van der Waals surface area contributed by atoms with Gasteiger partial charge < -0.3 is 10.6 Å². The molecule has 2 heterocycles. The second-order valence-corrected chi connectivity index (χ2v) is 5.03. The van der Waals surface area contributed by atoms with Gasteiger partial charge in [0, 0.05) is 11.1 Å². The first-order valence-electron chi connectivity index (χ1n) is 6.83. The van der Waals surface area contributed by atoms with E-state index < -0.39 is 0 Å². The fourth-order valence-corrected chi connectivity index (χ4v) is 2.60. The first-order valence-corrected chi connectivity index (χ1v) is 6.83. The molecule has 2 N–H and O–H groups in total. The van der Waals surface area contributed by atoms with Gasteiger partial charge in [0.15, 0.2) is 0 Å². The average Bonchev–Trinajstić information content (AvgIpc) is 2.54. The molecule has 4 nitrogen and oxygen atoms in total. The van der Waals surface area contributed by atoms with Crippen LogP contribution < -0.4 is 10.6 Å². The van der Waals surface area contributed by atoms with Crippen molar-refractivity contribution in [2.24, 2.45) is 0 Å². The van der Waals surface area contributed by atoms with E-state index in [1.54, 1.807) is 0 Å². The number of aromatic nitrogens is 1. The Morgan fingerprint density at radius 1 is 0.857 bits per heavy atom. The van der Waals surface area contributed by atoms with Crippen molar-refractivity contribution in [3.63, 3.8) is 0 Å². The van der Waals surface area contributed by atoms with E-state index in [2.05, 4.69) is 15.6 Å². The molecule has 1 amide bonds. The van der Waals surface area contributed by atoms with Crippen LogP contribution in [0, 0.1) is 0 Å². The number of amides is 1. The standard InChI is InChI=1S/C17H13N3O/c21-17-12-6-2-4-8-14(12)19-16(20-17)15-10-9-11-5-1-3-7-13(11)18-15/h1-10,16,19H,(H,20,21). The van der Waals surface area contributed by atoms with Crippen molar-refractivity contribution in [2.75, 3.05) is 5.32 Å². The first kappa shape index (κ1) is 11.9. The van der Waals surface area contributed by atoms with Crippen molar-refractivity contribution in [3.8, 4) is 0 Å². The Labute approximate surface area is 121 Å². The molecular weight excluding hydrogens is 262 g/mol. The van der Waals surface area contributed by atoms with E-state index in [9.17, 15) is 4.79 Å². The summed E-state index contributed by atoms with van der Waals surface area (Å²) in [5.41, 5.74) is 3.22. The van der Waals surface area contributed by atoms with Crippen LogP contribution in [0.5, 0.6) is 0 Å². The highest BCUT2D eigenvalue weighted by Gasteiger charge is 2.24. The third-order valence-corrected chi connectivity index (χ3v) is 3.66. The van der Waals surface area contributed by atoms with Gasteiger partial charge in [0.1, 0.15) is 6.17 Å². The van der Waals surface area contributed by atoms with Gasteiger partial charge in [-0.1, -0.05) is 36.4 Å². The predicted molar refractivity (Wildman–Crippen MR) is 82.0 cm³/mol. The van der Waals surface area contributed by atoms with E-state index in [0.717, 1.165) is 22.3 Å². The lowest BCUT2D eigenvalue weighted by molar-refractivity contribution is 0.0935. The molecule has 1 unspecified atom stereocenters. The third kappa shape index (κ3) is 2.01. The molecule has 0 bridgehead atoms. The van der Waals surface area contributed by atoms with Crippen molar-refractivity contribution in [2.45, 2.75) is 6.17 Å². The summed E-state index contributed by atoms with van der Waals surface area (Å²) in [5.74, 6) is -0.0793. The Kier molecular flexibility index (Phi) is 2.60. The van der Waals surface area contributed by atoms with Gasteiger partial charge in [-0.2, -0.15) is 0 Å². The Bertz CT molecular complexity index is 844. The number of carbonyl (C=O) groups excluding carboxylic acids is 1. The maximum Gasteiger partial charge on any atom is 0.255 e. The number of benzene rings is 2. The van der Waals surface area contributed by atoms with Crippen molar-refractivity contribution in [1.82, 2.24) is 10.3 Å². The lowest BCUT2D eigenvalue weighted by atomic mass is 10.1. The summed E-state index contributed by atoms with van der Waals surface area (Å²) >= 11 is 0. The van der Waals surface area contributed by atoms with Crippen LogP contribution in [0.15, 0.2) is 60.7 Å². The number of anilines is 1. The van der Waals surface area contributed by atoms with Gasteiger partial charge in [-0.3, -0.25) is 4.79 Å². The number of hydrogen-bond donors (Lipinski definition) is 2. The van der Waals surface area contributed by atoms with Crippen LogP contribution in [0.3, 0.4) is 0 Å². The largest absolute Gasteiger partial charge is 0.360 e. The van der Waals surface area contributed by atoms with Crippen LogP contribution in [-0.4, -0.2) is 10.9 Å². The maximum absolute atomic E-state index is 12.2. The molecular formula is C17H13N3O. The molecule has 0 fully saturated rings. The van der Waals surface area contributed by atoms with E-state index in [-0.39, 0.29) is 12.1 Å². The monoisotopic (exact) mass is 275 g/mol. The summed E-state index contributed by atoms with van der Waals surface area (Å²) in [6.45, 7) is 0. The van der Waals surface area contributed by atoms with E-state index in [1.165, 1.54) is 0 Å². The number of rotatable bonds is 1. The van der Waals surface area contributed by atoms with Gasteiger partial charge in [-0.05, 0) is 24.3 Å². The van der Waals surface area contributed by atoms with Gasteiger partial charge >= 0.3 is 0 Å². The molecule has 0 saturated carbocycles. The Morgan fingerprint density at radius 2 is 1.67 bits per heavy atom. The zero-order valence-corrected chi connectivity index (χ0v) is 11.2. The number of carbonyl (C=O) groups is 1. The second kappa shape index (κ2) is 4.59. The quantitative estimate of drug-likeness (QED) is 0.717. The number of para-hydroxylation sites is 2. The number of hydrogen-bond acceptors (Lipinski definition) is 3. The minimum Gasteiger partial charge on any atom is -0.360 e. The number of nitrogens with one attached hydrogen (secondary N) is 2. The SMILES string of the molecule is O=C1NC(c2ccc3ccccc3n2)Nc2ccccc21. The molecule has 102 valence electrons. The van der Waals surface area contributed by atoms with Crippen molar-refractivity contribution >= 4 is 22.5 Å². The molecule has 0 spiro atoms. The van der Waals surface area contributed by atoms with Crippen LogP contribution in [0.4, 0.5) is 5.69 Å². The summed E-state index contributed by atoms with van der Waals surface area (Å²) in [7, 11) is 0. The van der Waals surface area contributed by atoms with Crippen LogP contribution in [-0.2, 0) is 0 Å². The minimum absolute atomic E-state index is 0.0793. The first-order chi connectivity index (χ1) is 10.3. The molecule has 1 aromatic heterocycles. The fraction of sp³-hybridized carbons (Fsp3) is 0.0588. The van der Waals surface area contributed by atoms with Gasteiger partial charge in [-0.25, -0.2) is 4.98 Å². The smallest absolute Gasteiger partial charge is 0.255 e. The summed E-state index contributed by atoms with van der Waals surface area (Å²) in [6, 6.07) is 19.4. The molecule has 1 atom stereocenters. The van der Waals surface area contributed by atoms with Crippen molar-refractivity contribution in [3.05, 3.63) is 71.9 Å². The van der Waals surface area contributed by atoms with Gasteiger partial charge in [0.05, 0.1) is 16.8 Å². The van der Waals surface area contributed by atoms with Gasteiger partial charge in [0.2, 0.25) is 0 Å². The molecule has 2 aromatic carbocycles. The number of pyridine rings is 1. The molecule has 0 saturated heterocycles. The Morgan fingerprint density at radius 3 is 2.62 bits per heavy atom. The fourth-order valence-electron chi connectivity index (χ4n) is 2.60. The second-order valence-electron chi connectivity index (χ2n) is 5.03. The summed E-state index contributed by atoms with van der Waals surface area (Å²) in [6.07, 6.45) is -0.308. The highest BCUT2D eigenvalue weighted by Crippen LogP contribution is 2.26. The summed E-state index contributed by atoms with van der Waals surface area (Å²) in [5, 5.41) is 7.34. The normalized spacial score (nSPS) is 17.0. The van der Waals surface area contributed by atoms with Gasteiger partial charge in [-0.15, -0.1) is 0 Å². The molecule has 4 heteroatoms. The lowest BCUT2D eigenvalue weighted by Crippen LogP contribution is -2.38. The van der Waals surface area contributed by atoms with Crippen LogP contribution in [0.1, 0.15) is 22.2 Å². The molecule has 0 aliphatic carbocycles. The van der Waals surface area contributed by atoms with E-state index in [1.807, 2.05) is 60.7 Å². The molecule has 3 aromatic rings. The molecule has 21 heavy (non-hydrogen) atoms. The van der Waals surface area contributed by atoms with E-state index >= 15 is 0 Å². The van der Waals surface area contributed by atoms with E-state index in [4.69, 9.17) is 0 Å². The van der Waals surface area contributed by atoms with Crippen LogP contribution in [0.25, 0.3) is 10.9 Å². The number of nitrogens with zero attached hydrogens (tertiary/aromatic N) is 1. The topological polar surface area (TPSA) is 54.0 Å². The third-order valence-electron chi connectivity index (χ3n) is 3.66. The van der Waals surface area contributed by atoms with Crippen molar-refractivity contribution < 1.29 is 4.79 Å². The molecule has 4 rings (SSSR count). The van der Waals surface area contributed by atoms with Crippen molar-refractivity contribution in [1.29, 1.82) is 0 Å². The average molecular weight is 275 g/mol. The number of fused-ring (bicyclic) bond motifs is 2. The molecule has 0 radical (unpaired) electrons. The van der Waals surface area contributed by atoms with E-state index in [0.29, 0.717) is 5.56 Å². The highest BCUT2D eigenvalue weighted by atomic mass is 16.2. The maximum atomic E-state index is 12.2. The summed E-state index contributed by atoms with van der Waals surface area (Å²) < 4.78 is 0. The Balaban J connectivity index is 1.75. The zero-order chi connectivity index (χ0) is 14.2. The summed E-state index contributed by atoms with van der Waals surface area (Å²) in [4.78, 5) is 16.8. The Hall–Kier alpha value is -2.88. The predicted octanol–water partition coefficient (Wildman–Crippen LogP) is 3.09. The van der Waals surface area contributed by atoms with Crippen LogP contribution >= 0.6 is 0 Å². The molecule has 1 aliphatic rings. The van der Waals surface area contributed by atoms with Crippen LogP contribution in [0.2, 0.25) is 0 Å². The van der Waals surface area contributed by atoms with Gasteiger partial charge in [0.25, 0.3) is 5.91 Å². The zero-order valence-electron chi connectivity index (χ0n) is 11.2. The lowest BCUT2D eigenvalue weighted by Gasteiger charge is -2.27.